The maximum atomic E-state index is 4.20. The summed E-state index contributed by atoms with van der Waals surface area (Å²) < 4.78 is 1.72. The first-order valence-electron chi connectivity index (χ1n) is 4.77. The van der Waals surface area contributed by atoms with Crippen LogP contribution in [0.5, 0.6) is 0 Å². The van der Waals surface area contributed by atoms with E-state index in [9.17, 15) is 0 Å². The van der Waals surface area contributed by atoms with Gasteiger partial charge in [-0.1, -0.05) is 0 Å². The third-order valence-corrected chi connectivity index (χ3v) is 2.73. The van der Waals surface area contributed by atoms with Crippen LogP contribution in [0.15, 0.2) is 18.0 Å². The minimum absolute atomic E-state index is 0.861. The lowest BCUT2D eigenvalue weighted by atomic mass is 10.4. The second kappa shape index (κ2) is 4.99. The molecule has 0 atom stereocenters. The fourth-order valence-corrected chi connectivity index (χ4v) is 1.80. The largest absolute Gasteiger partial charge is 0.311 e. The van der Waals surface area contributed by atoms with Crippen molar-refractivity contribution in [1.29, 1.82) is 0 Å². The Morgan fingerprint density at radius 1 is 1.53 bits per heavy atom. The van der Waals surface area contributed by atoms with Crippen molar-refractivity contribution < 1.29 is 0 Å². The van der Waals surface area contributed by atoms with E-state index in [2.05, 4.69) is 20.4 Å². The standard InChI is InChI=1S/C9H13N5S/c1-14-6-12-9(13-14)2-3-10-4-8-5-11-7-15-8/h5-7,10H,2-4H2,1H3. The van der Waals surface area contributed by atoms with Crippen molar-refractivity contribution >= 4 is 11.3 Å². The molecule has 2 aromatic rings. The van der Waals surface area contributed by atoms with Crippen LogP contribution in [0.1, 0.15) is 10.7 Å². The van der Waals surface area contributed by atoms with E-state index in [1.54, 1.807) is 22.3 Å². The molecule has 15 heavy (non-hydrogen) atoms. The van der Waals surface area contributed by atoms with Gasteiger partial charge >= 0.3 is 0 Å². The molecule has 0 aliphatic rings. The highest BCUT2D eigenvalue weighted by molar-refractivity contribution is 7.09. The van der Waals surface area contributed by atoms with Crippen LogP contribution < -0.4 is 5.32 Å². The zero-order valence-electron chi connectivity index (χ0n) is 8.55. The van der Waals surface area contributed by atoms with E-state index < -0.39 is 0 Å². The van der Waals surface area contributed by atoms with Crippen molar-refractivity contribution in [2.24, 2.45) is 7.05 Å². The van der Waals surface area contributed by atoms with E-state index in [-0.39, 0.29) is 0 Å². The first-order valence-corrected chi connectivity index (χ1v) is 5.65. The zero-order valence-corrected chi connectivity index (χ0v) is 9.37. The maximum absolute atomic E-state index is 4.20. The summed E-state index contributed by atoms with van der Waals surface area (Å²) in [6.07, 6.45) is 4.47. The van der Waals surface area contributed by atoms with Gasteiger partial charge in [-0.3, -0.25) is 9.67 Å². The molecule has 0 bridgehead atoms. The molecule has 2 aromatic heterocycles. The summed E-state index contributed by atoms with van der Waals surface area (Å²) in [5.74, 6) is 0.884. The number of nitrogens with one attached hydrogen (secondary N) is 1. The van der Waals surface area contributed by atoms with Gasteiger partial charge in [0.1, 0.15) is 6.33 Å². The van der Waals surface area contributed by atoms with Gasteiger partial charge in [0, 0.05) is 37.6 Å². The summed E-state index contributed by atoms with van der Waals surface area (Å²) in [4.78, 5) is 9.42. The number of thiazole rings is 1. The molecule has 0 amide bonds. The van der Waals surface area contributed by atoms with Crippen LogP contribution in [0.4, 0.5) is 0 Å². The van der Waals surface area contributed by atoms with E-state index in [4.69, 9.17) is 0 Å². The molecule has 0 saturated heterocycles. The fourth-order valence-electron chi connectivity index (χ4n) is 1.24. The van der Waals surface area contributed by atoms with Gasteiger partial charge in [0.15, 0.2) is 5.82 Å². The lowest BCUT2D eigenvalue weighted by Crippen LogP contribution is -2.16. The van der Waals surface area contributed by atoms with E-state index >= 15 is 0 Å². The zero-order chi connectivity index (χ0) is 10.5. The number of hydrogen-bond acceptors (Lipinski definition) is 5. The van der Waals surface area contributed by atoms with Gasteiger partial charge in [-0.15, -0.1) is 11.3 Å². The quantitative estimate of drug-likeness (QED) is 0.754. The Balaban J connectivity index is 1.67. The third-order valence-electron chi connectivity index (χ3n) is 1.96. The van der Waals surface area contributed by atoms with Crippen LogP contribution in [0.3, 0.4) is 0 Å². The normalized spacial score (nSPS) is 10.7. The predicted octanol–water partition coefficient (Wildman–Crippen LogP) is 0.604. The van der Waals surface area contributed by atoms with Gasteiger partial charge < -0.3 is 5.32 Å². The van der Waals surface area contributed by atoms with Crippen molar-refractivity contribution in [3.63, 3.8) is 0 Å². The molecule has 0 fully saturated rings. The van der Waals surface area contributed by atoms with Crippen LogP contribution in [0.25, 0.3) is 0 Å². The van der Waals surface area contributed by atoms with Crippen molar-refractivity contribution in [1.82, 2.24) is 25.1 Å². The van der Waals surface area contributed by atoms with Crippen LogP contribution in [-0.4, -0.2) is 26.3 Å². The summed E-state index contributed by atoms with van der Waals surface area (Å²) in [6, 6.07) is 0. The molecular formula is C9H13N5S. The predicted molar refractivity (Wildman–Crippen MR) is 58.5 cm³/mol. The van der Waals surface area contributed by atoms with Crippen molar-refractivity contribution in [2.45, 2.75) is 13.0 Å². The first kappa shape index (κ1) is 10.3. The second-order valence-corrected chi connectivity index (χ2v) is 4.20. The van der Waals surface area contributed by atoms with Crippen molar-refractivity contribution in [3.8, 4) is 0 Å². The minimum atomic E-state index is 0.861. The van der Waals surface area contributed by atoms with Gasteiger partial charge in [0.2, 0.25) is 0 Å². The molecule has 6 heteroatoms. The number of aryl methyl sites for hydroxylation is 1. The highest BCUT2D eigenvalue weighted by Crippen LogP contribution is 2.03. The summed E-state index contributed by atoms with van der Waals surface area (Å²) in [5, 5.41) is 7.53. The Kier molecular flexibility index (Phi) is 3.41. The Hall–Kier alpha value is -1.27. The van der Waals surface area contributed by atoms with Gasteiger partial charge in [-0.05, 0) is 0 Å². The molecule has 0 spiro atoms. The molecule has 0 aliphatic carbocycles. The average Bonchev–Trinajstić information content (AvgIpc) is 2.84. The average molecular weight is 223 g/mol. The third kappa shape index (κ3) is 3.10. The summed E-state index contributed by atoms with van der Waals surface area (Å²) >= 11 is 1.66. The van der Waals surface area contributed by atoms with E-state index in [1.807, 2.05) is 18.8 Å². The summed E-state index contributed by atoms with van der Waals surface area (Å²) in [6.45, 7) is 1.76. The minimum Gasteiger partial charge on any atom is -0.311 e. The van der Waals surface area contributed by atoms with Crippen LogP contribution >= 0.6 is 11.3 Å². The van der Waals surface area contributed by atoms with Gasteiger partial charge in [0.05, 0.1) is 5.51 Å². The van der Waals surface area contributed by atoms with Gasteiger partial charge in [-0.2, -0.15) is 5.10 Å². The lowest BCUT2D eigenvalue weighted by Gasteiger charge is -1.99. The van der Waals surface area contributed by atoms with Crippen molar-refractivity contribution in [3.05, 3.63) is 28.7 Å². The highest BCUT2D eigenvalue weighted by Gasteiger charge is 1.98. The molecule has 0 radical (unpaired) electrons. The van der Waals surface area contributed by atoms with Gasteiger partial charge in [0.25, 0.3) is 0 Å². The molecule has 0 aromatic carbocycles. The van der Waals surface area contributed by atoms with Crippen LogP contribution in [-0.2, 0) is 20.0 Å². The highest BCUT2D eigenvalue weighted by atomic mass is 32.1. The molecule has 0 saturated carbocycles. The van der Waals surface area contributed by atoms with Crippen LogP contribution in [0.2, 0.25) is 0 Å². The Morgan fingerprint density at radius 2 is 2.47 bits per heavy atom. The van der Waals surface area contributed by atoms with Crippen LogP contribution in [0, 0.1) is 0 Å². The monoisotopic (exact) mass is 223 g/mol. The molecule has 0 unspecified atom stereocenters. The second-order valence-electron chi connectivity index (χ2n) is 3.23. The fraction of sp³-hybridized carbons (Fsp3) is 0.444. The lowest BCUT2D eigenvalue weighted by molar-refractivity contribution is 0.665. The topological polar surface area (TPSA) is 55.6 Å². The summed E-state index contributed by atoms with van der Waals surface area (Å²) in [5.41, 5.74) is 1.84. The van der Waals surface area contributed by atoms with E-state index in [0.717, 1.165) is 25.3 Å². The number of aromatic nitrogens is 4. The molecule has 2 heterocycles. The maximum Gasteiger partial charge on any atom is 0.151 e. The molecule has 2 rings (SSSR count). The van der Waals surface area contributed by atoms with Crippen molar-refractivity contribution in [2.75, 3.05) is 6.54 Å². The smallest absolute Gasteiger partial charge is 0.151 e. The molecule has 0 aliphatic heterocycles. The molecule has 80 valence electrons. The molecule has 1 N–H and O–H groups in total. The van der Waals surface area contributed by atoms with Gasteiger partial charge in [-0.25, -0.2) is 4.98 Å². The number of nitrogens with zero attached hydrogens (tertiary/aromatic N) is 4. The Labute approximate surface area is 92.2 Å². The number of rotatable bonds is 5. The summed E-state index contributed by atoms with van der Waals surface area (Å²) in [7, 11) is 1.88. The SMILES string of the molecule is Cn1cnc(CCNCc2cncs2)n1. The molecular weight excluding hydrogens is 210 g/mol. The Bertz CT molecular complexity index is 394. The Morgan fingerprint density at radius 3 is 3.13 bits per heavy atom. The first-order chi connectivity index (χ1) is 7.34. The number of hydrogen-bond donors (Lipinski definition) is 1. The van der Waals surface area contributed by atoms with E-state index in [0.29, 0.717) is 0 Å². The van der Waals surface area contributed by atoms with E-state index in [1.165, 1.54) is 4.88 Å². The molecule has 5 nitrogen and oxygen atoms in total.